The summed E-state index contributed by atoms with van der Waals surface area (Å²) in [5.74, 6) is -2.17. The van der Waals surface area contributed by atoms with E-state index >= 15 is 0 Å². The van der Waals surface area contributed by atoms with Crippen LogP contribution in [0.15, 0.2) is 58.5 Å². The van der Waals surface area contributed by atoms with Crippen LogP contribution < -0.4 is 15.9 Å². The third-order valence-electron chi connectivity index (χ3n) is 6.33. The smallest absolute Gasteiger partial charge is 0.294 e. The Morgan fingerprint density at radius 1 is 1.00 bits per heavy atom. The molecule has 0 atom stereocenters. The summed E-state index contributed by atoms with van der Waals surface area (Å²) in [7, 11) is 1.63. The largest absolute Gasteiger partial charge is 0.450 e. The monoisotopic (exact) mass is 451 g/mol. The average Bonchev–Trinajstić information content (AvgIpc) is 3.23. The van der Waals surface area contributed by atoms with Crippen LogP contribution in [0.25, 0.3) is 22.0 Å². The van der Waals surface area contributed by atoms with Gasteiger partial charge in [-0.1, -0.05) is 18.2 Å². The SMILES string of the molecule is Cc1cccc(C)c1Oc1c(-c2cn(C)c(=O)c3[nH]ccc23)ccn(C2CC(F)(F)C2)c1=O. The molecule has 1 N–H and O–H groups in total. The van der Waals surface area contributed by atoms with Crippen molar-refractivity contribution in [2.75, 3.05) is 0 Å². The topological polar surface area (TPSA) is 69.0 Å². The fraction of sp³-hybridized carbons (Fsp3) is 0.280. The number of aromatic amines is 1. The van der Waals surface area contributed by atoms with Crippen molar-refractivity contribution in [3.63, 3.8) is 0 Å². The fourth-order valence-electron chi connectivity index (χ4n) is 4.50. The quantitative estimate of drug-likeness (QED) is 0.471. The van der Waals surface area contributed by atoms with Gasteiger partial charge in [-0.05, 0) is 37.1 Å². The number of aromatic nitrogens is 3. The summed E-state index contributed by atoms with van der Waals surface area (Å²) in [6, 6.07) is 8.54. The molecule has 6 nitrogen and oxygen atoms in total. The van der Waals surface area contributed by atoms with E-state index in [0.717, 1.165) is 11.1 Å². The molecule has 3 heterocycles. The lowest BCUT2D eigenvalue weighted by Gasteiger charge is -2.36. The first-order chi connectivity index (χ1) is 15.7. The third kappa shape index (κ3) is 3.46. The van der Waals surface area contributed by atoms with Gasteiger partial charge in [0.2, 0.25) is 5.75 Å². The van der Waals surface area contributed by atoms with Gasteiger partial charge >= 0.3 is 0 Å². The first-order valence-electron chi connectivity index (χ1n) is 10.7. The fourth-order valence-corrected chi connectivity index (χ4v) is 4.50. The normalized spacial score (nSPS) is 15.5. The highest BCUT2D eigenvalue weighted by molar-refractivity contribution is 5.95. The van der Waals surface area contributed by atoms with E-state index in [1.807, 2.05) is 32.0 Å². The van der Waals surface area contributed by atoms with Crippen molar-refractivity contribution in [2.45, 2.75) is 38.7 Å². The summed E-state index contributed by atoms with van der Waals surface area (Å²) in [6.07, 6.45) is 4.11. The number of aryl methyl sites for hydroxylation is 3. The lowest BCUT2D eigenvalue weighted by Crippen LogP contribution is -2.41. The molecule has 33 heavy (non-hydrogen) atoms. The van der Waals surface area contributed by atoms with Gasteiger partial charge in [0.25, 0.3) is 17.0 Å². The minimum absolute atomic E-state index is 0.0475. The summed E-state index contributed by atoms with van der Waals surface area (Å²) < 4.78 is 36.1. The highest BCUT2D eigenvalue weighted by Crippen LogP contribution is 2.45. The van der Waals surface area contributed by atoms with E-state index in [2.05, 4.69) is 4.98 Å². The molecule has 1 aliphatic carbocycles. The number of hydrogen-bond donors (Lipinski definition) is 1. The Hall–Kier alpha value is -3.68. The van der Waals surface area contributed by atoms with E-state index in [1.54, 1.807) is 37.8 Å². The second kappa shape index (κ2) is 7.43. The van der Waals surface area contributed by atoms with E-state index < -0.39 is 17.5 Å². The number of hydrogen-bond acceptors (Lipinski definition) is 3. The van der Waals surface area contributed by atoms with Crippen LogP contribution in [0.1, 0.15) is 30.0 Å². The maximum absolute atomic E-state index is 13.6. The van der Waals surface area contributed by atoms with Gasteiger partial charge < -0.3 is 18.9 Å². The second-order valence-electron chi connectivity index (χ2n) is 8.74. The third-order valence-corrected chi connectivity index (χ3v) is 6.33. The number of benzene rings is 1. The number of ether oxygens (including phenoxy) is 1. The molecule has 1 aliphatic rings. The summed E-state index contributed by atoms with van der Waals surface area (Å²) in [4.78, 5) is 29.1. The predicted molar refractivity (Wildman–Crippen MR) is 122 cm³/mol. The summed E-state index contributed by atoms with van der Waals surface area (Å²) in [6.45, 7) is 3.76. The average molecular weight is 451 g/mol. The van der Waals surface area contributed by atoms with Crippen LogP contribution in [0, 0.1) is 13.8 Å². The van der Waals surface area contributed by atoms with Crippen LogP contribution in [0.3, 0.4) is 0 Å². The maximum atomic E-state index is 13.6. The summed E-state index contributed by atoms with van der Waals surface area (Å²) >= 11 is 0. The zero-order valence-electron chi connectivity index (χ0n) is 18.5. The Kier molecular flexibility index (Phi) is 4.77. The number of nitrogens with zero attached hydrogens (tertiary/aromatic N) is 2. The van der Waals surface area contributed by atoms with E-state index in [1.165, 1.54) is 9.13 Å². The zero-order chi connectivity index (χ0) is 23.5. The first-order valence-corrected chi connectivity index (χ1v) is 10.7. The molecule has 1 fully saturated rings. The zero-order valence-corrected chi connectivity index (χ0v) is 18.5. The van der Waals surface area contributed by atoms with Crippen molar-refractivity contribution in [3.8, 4) is 22.6 Å². The molecule has 0 aliphatic heterocycles. The molecule has 4 aromatic rings. The van der Waals surface area contributed by atoms with Crippen LogP contribution in [0.5, 0.6) is 11.5 Å². The highest BCUT2D eigenvalue weighted by Gasteiger charge is 2.46. The molecule has 0 radical (unpaired) electrons. The van der Waals surface area contributed by atoms with Crippen LogP contribution >= 0.6 is 0 Å². The van der Waals surface area contributed by atoms with E-state index in [0.29, 0.717) is 27.8 Å². The Morgan fingerprint density at radius 2 is 1.70 bits per heavy atom. The maximum Gasteiger partial charge on any atom is 0.294 e. The molecule has 0 amide bonds. The molecule has 170 valence electrons. The minimum Gasteiger partial charge on any atom is -0.450 e. The molecule has 1 saturated carbocycles. The summed E-state index contributed by atoms with van der Waals surface area (Å²) in [5.41, 5.74) is 2.56. The van der Waals surface area contributed by atoms with Gasteiger partial charge in [-0.25, -0.2) is 8.78 Å². The molecule has 3 aromatic heterocycles. The van der Waals surface area contributed by atoms with Crippen molar-refractivity contribution >= 4 is 10.9 Å². The predicted octanol–water partition coefficient (Wildman–Crippen LogP) is 5.07. The second-order valence-corrected chi connectivity index (χ2v) is 8.74. The molecule has 1 aromatic carbocycles. The van der Waals surface area contributed by atoms with Crippen molar-refractivity contribution in [1.82, 2.24) is 14.1 Å². The van der Waals surface area contributed by atoms with Gasteiger partial charge in [0, 0.05) is 61.0 Å². The van der Waals surface area contributed by atoms with Gasteiger partial charge in [0.05, 0.1) is 0 Å². The van der Waals surface area contributed by atoms with E-state index in [9.17, 15) is 18.4 Å². The Bertz CT molecular complexity index is 1490. The molecular formula is C25H23F2N3O3. The number of alkyl halides is 2. The molecule has 8 heteroatoms. The van der Waals surface area contributed by atoms with Crippen molar-refractivity contribution in [3.05, 3.63) is 80.8 Å². The molecule has 0 spiro atoms. The summed E-state index contributed by atoms with van der Waals surface area (Å²) in [5, 5.41) is 0.650. The van der Waals surface area contributed by atoms with Crippen molar-refractivity contribution in [1.29, 1.82) is 0 Å². The van der Waals surface area contributed by atoms with Crippen LogP contribution in [-0.4, -0.2) is 20.0 Å². The number of pyridine rings is 2. The Morgan fingerprint density at radius 3 is 2.36 bits per heavy atom. The van der Waals surface area contributed by atoms with E-state index in [-0.39, 0.29) is 24.2 Å². The number of H-pyrrole nitrogens is 1. The lowest BCUT2D eigenvalue weighted by atomic mass is 9.87. The van der Waals surface area contributed by atoms with Gasteiger partial charge in [-0.3, -0.25) is 9.59 Å². The number of halogens is 2. The van der Waals surface area contributed by atoms with Gasteiger partial charge in [0.1, 0.15) is 11.3 Å². The molecular weight excluding hydrogens is 428 g/mol. The standard InChI is InChI=1S/C25H23F2N3O3/c1-14-5-4-6-15(2)21(14)33-22-18(8-10-30(24(22)32)16-11-25(26,27)12-16)19-13-29(3)23(31)20-17(19)7-9-28-20/h4-10,13,16,28H,11-12H2,1-3H3. The van der Waals surface area contributed by atoms with Crippen LogP contribution in [-0.2, 0) is 7.05 Å². The molecule has 0 unspecified atom stereocenters. The highest BCUT2D eigenvalue weighted by atomic mass is 19.3. The van der Waals surface area contributed by atoms with Crippen LogP contribution in [0.2, 0.25) is 0 Å². The van der Waals surface area contributed by atoms with Gasteiger partial charge in [0.15, 0.2) is 0 Å². The molecule has 0 bridgehead atoms. The Balaban J connectivity index is 1.75. The van der Waals surface area contributed by atoms with Crippen molar-refractivity contribution < 1.29 is 13.5 Å². The lowest BCUT2D eigenvalue weighted by molar-refractivity contribution is -0.105. The number of nitrogens with one attached hydrogen (secondary N) is 1. The first kappa shape index (κ1) is 21.2. The van der Waals surface area contributed by atoms with E-state index in [4.69, 9.17) is 4.74 Å². The van der Waals surface area contributed by atoms with Crippen LogP contribution in [0.4, 0.5) is 8.78 Å². The van der Waals surface area contributed by atoms with Crippen molar-refractivity contribution in [2.24, 2.45) is 7.05 Å². The van der Waals surface area contributed by atoms with Gasteiger partial charge in [-0.15, -0.1) is 0 Å². The Labute approximate surface area is 188 Å². The number of para-hydroxylation sites is 1. The molecule has 0 saturated heterocycles. The number of rotatable bonds is 4. The number of fused-ring (bicyclic) bond motifs is 1. The van der Waals surface area contributed by atoms with Gasteiger partial charge in [-0.2, -0.15) is 0 Å². The minimum atomic E-state index is -2.76. The molecule has 5 rings (SSSR count).